The van der Waals surface area contributed by atoms with E-state index >= 15 is 0 Å². The first kappa shape index (κ1) is 24.1. The predicted molar refractivity (Wildman–Crippen MR) is 120 cm³/mol. The number of alkyl halides is 3. The Morgan fingerprint density at radius 2 is 1.81 bits per heavy atom. The molecule has 0 radical (unpaired) electrons. The number of hydrogen-bond donors (Lipinski definition) is 0. The van der Waals surface area contributed by atoms with E-state index in [0.29, 0.717) is 30.9 Å². The molecule has 0 aromatic heterocycles. The number of hydrogen-bond acceptors (Lipinski definition) is 3. The molecule has 2 aromatic carbocycles. The molecular formula is C25H31F3N2O2. The van der Waals surface area contributed by atoms with Crippen LogP contribution in [0, 0.1) is 5.92 Å². The van der Waals surface area contributed by atoms with Crippen LogP contribution in [0.15, 0.2) is 42.5 Å². The third-order valence-corrected chi connectivity index (χ3v) is 6.15. The minimum atomic E-state index is -4.49. The Morgan fingerprint density at radius 3 is 2.38 bits per heavy atom. The second kappa shape index (κ2) is 9.94. The van der Waals surface area contributed by atoms with Gasteiger partial charge in [-0.15, -0.1) is 0 Å². The highest BCUT2D eigenvalue weighted by molar-refractivity contribution is 5.97. The normalized spacial score (nSPS) is 19.1. The summed E-state index contributed by atoms with van der Waals surface area (Å²) in [6.45, 7) is 2.91. The smallest absolute Gasteiger partial charge is 0.416 e. The Hall–Kier alpha value is -2.54. The summed E-state index contributed by atoms with van der Waals surface area (Å²) in [4.78, 5) is 17.3. The summed E-state index contributed by atoms with van der Waals surface area (Å²) in [6.07, 6.45) is -2.95. The highest BCUT2D eigenvalue weighted by atomic mass is 19.4. The summed E-state index contributed by atoms with van der Waals surface area (Å²) in [5.41, 5.74) is 0.776. The number of fused-ring (bicyclic) bond motifs is 1. The lowest BCUT2D eigenvalue weighted by molar-refractivity contribution is -0.138. The Labute approximate surface area is 188 Å². The number of benzene rings is 2. The van der Waals surface area contributed by atoms with Gasteiger partial charge in [-0.1, -0.05) is 31.5 Å². The van der Waals surface area contributed by atoms with E-state index < -0.39 is 17.7 Å². The molecule has 0 fully saturated rings. The van der Waals surface area contributed by atoms with Crippen molar-refractivity contribution >= 4 is 11.6 Å². The number of halogens is 3. The molecule has 7 heteroatoms. The maximum absolute atomic E-state index is 14.0. The molecule has 0 bridgehead atoms. The van der Waals surface area contributed by atoms with Gasteiger partial charge in [-0.3, -0.25) is 4.79 Å². The number of carbonyl (C=O) groups excluding carboxylic acids is 1. The first-order chi connectivity index (χ1) is 15.2. The highest BCUT2D eigenvalue weighted by Gasteiger charge is 2.42. The van der Waals surface area contributed by atoms with Gasteiger partial charge in [-0.2, -0.15) is 13.2 Å². The molecule has 0 spiro atoms. The van der Waals surface area contributed by atoms with Gasteiger partial charge in [0, 0.05) is 24.7 Å². The monoisotopic (exact) mass is 448 g/mol. The lowest BCUT2D eigenvalue weighted by Gasteiger charge is -2.29. The molecule has 1 heterocycles. The number of carbonyl (C=O) groups is 1. The highest BCUT2D eigenvalue weighted by Crippen LogP contribution is 2.44. The van der Waals surface area contributed by atoms with E-state index in [-0.39, 0.29) is 23.8 Å². The lowest BCUT2D eigenvalue weighted by Crippen LogP contribution is -2.41. The Kier molecular flexibility index (Phi) is 7.49. The second-order valence-electron chi connectivity index (χ2n) is 8.57. The molecule has 174 valence electrons. The standard InChI is InChI=1S/C25H31F3N2O2/c1-5-7-19-20(17-10-12-18(32-4)13-11-17)16-21-22(25(26,27)28)8-6-9-23(21)30(24(19)31)15-14-29(2)3/h6,8-13,19-20H,5,7,14-16H2,1-4H3/t19-,20+/m0/s1. The molecule has 0 aliphatic carbocycles. The summed E-state index contributed by atoms with van der Waals surface area (Å²) in [7, 11) is 5.34. The molecule has 0 unspecified atom stereocenters. The van der Waals surface area contributed by atoms with Gasteiger partial charge in [0.1, 0.15) is 5.75 Å². The summed E-state index contributed by atoms with van der Waals surface area (Å²) >= 11 is 0. The zero-order valence-corrected chi connectivity index (χ0v) is 19.1. The number of anilines is 1. The fourth-order valence-electron chi connectivity index (χ4n) is 4.53. The van der Waals surface area contributed by atoms with Crippen molar-refractivity contribution in [1.82, 2.24) is 4.90 Å². The molecule has 1 aliphatic heterocycles. The van der Waals surface area contributed by atoms with Crippen LogP contribution in [0.1, 0.15) is 42.4 Å². The van der Waals surface area contributed by atoms with Gasteiger partial charge in [0.05, 0.1) is 12.7 Å². The number of ether oxygens (including phenoxy) is 1. The van der Waals surface area contributed by atoms with E-state index in [9.17, 15) is 18.0 Å². The fourth-order valence-corrected chi connectivity index (χ4v) is 4.53. The fraction of sp³-hybridized carbons (Fsp3) is 0.480. The molecule has 2 atom stereocenters. The van der Waals surface area contributed by atoms with Crippen molar-refractivity contribution in [2.45, 2.75) is 38.3 Å². The van der Waals surface area contributed by atoms with Crippen LogP contribution in [-0.2, 0) is 17.4 Å². The summed E-state index contributed by atoms with van der Waals surface area (Å²) < 4.78 is 47.2. The topological polar surface area (TPSA) is 32.8 Å². The number of methoxy groups -OCH3 is 1. The van der Waals surface area contributed by atoms with E-state index in [1.807, 2.05) is 38.1 Å². The average Bonchev–Trinajstić information content (AvgIpc) is 2.86. The van der Waals surface area contributed by atoms with E-state index in [0.717, 1.165) is 18.1 Å². The van der Waals surface area contributed by atoms with Crippen LogP contribution in [-0.4, -0.2) is 45.1 Å². The van der Waals surface area contributed by atoms with Crippen molar-refractivity contribution < 1.29 is 22.7 Å². The molecular weight excluding hydrogens is 417 g/mol. The molecule has 3 rings (SSSR count). The third kappa shape index (κ3) is 5.09. The van der Waals surface area contributed by atoms with Gasteiger partial charge >= 0.3 is 6.18 Å². The molecule has 0 saturated heterocycles. The molecule has 2 aromatic rings. The zero-order chi connectivity index (χ0) is 23.5. The zero-order valence-electron chi connectivity index (χ0n) is 19.1. The first-order valence-electron chi connectivity index (χ1n) is 11.0. The Balaban J connectivity index is 2.18. The van der Waals surface area contributed by atoms with Gasteiger partial charge < -0.3 is 14.5 Å². The van der Waals surface area contributed by atoms with Crippen LogP contribution in [0.2, 0.25) is 0 Å². The average molecular weight is 449 g/mol. The van der Waals surface area contributed by atoms with Gasteiger partial charge in [-0.05, 0) is 68.2 Å². The maximum atomic E-state index is 14.0. The summed E-state index contributed by atoms with van der Waals surface area (Å²) in [5, 5.41) is 0. The van der Waals surface area contributed by atoms with Crippen LogP contribution in [0.5, 0.6) is 5.75 Å². The van der Waals surface area contributed by atoms with Crippen LogP contribution in [0.25, 0.3) is 0 Å². The minimum Gasteiger partial charge on any atom is -0.497 e. The predicted octanol–water partition coefficient (Wildman–Crippen LogP) is 5.36. The van der Waals surface area contributed by atoms with Gasteiger partial charge in [0.2, 0.25) is 5.91 Å². The van der Waals surface area contributed by atoms with Crippen LogP contribution >= 0.6 is 0 Å². The number of rotatable bonds is 7. The number of nitrogens with zero attached hydrogens (tertiary/aromatic N) is 2. The quantitative estimate of drug-likeness (QED) is 0.571. The van der Waals surface area contributed by atoms with E-state index in [1.165, 1.54) is 6.07 Å². The Morgan fingerprint density at radius 1 is 1.12 bits per heavy atom. The molecule has 32 heavy (non-hydrogen) atoms. The van der Waals surface area contributed by atoms with Crippen molar-refractivity contribution in [2.75, 3.05) is 39.2 Å². The minimum absolute atomic E-state index is 0.104. The van der Waals surface area contributed by atoms with Crippen molar-refractivity contribution in [2.24, 2.45) is 5.92 Å². The van der Waals surface area contributed by atoms with Crippen molar-refractivity contribution in [3.8, 4) is 5.75 Å². The van der Waals surface area contributed by atoms with Gasteiger partial charge in [0.15, 0.2) is 0 Å². The van der Waals surface area contributed by atoms with Gasteiger partial charge in [0.25, 0.3) is 0 Å². The van der Waals surface area contributed by atoms with E-state index in [4.69, 9.17) is 4.74 Å². The van der Waals surface area contributed by atoms with Crippen LogP contribution in [0.4, 0.5) is 18.9 Å². The summed E-state index contributed by atoms with van der Waals surface area (Å²) in [5.74, 6) is -0.179. The van der Waals surface area contributed by atoms with Gasteiger partial charge in [-0.25, -0.2) is 0 Å². The maximum Gasteiger partial charge on any atom is 0.416 e. The third-order valence-electron chi connectivity index (χ3n) is 6.15. The molecule has 0 saturated carbocycles. The van der Waals surface area contributed by atoms with Crippen molar-refractivity contribution in [1.29, 1.82) is 0 Å². The Bertz CT molecular complexity index is 926. The molecule has 1 amide bonds. The van der Waals surface area contributed by atoms with Crippen molar-refractivity contribution in [3.63, 3.8) is 0 Å². The van der Waals surface area contributed by atoms with E-state index in [2.05, 4.69) is 0 Å². The lowest BCUT2D eigenvalue weighted by atomic mass is 9.79. The molecule has 1 aliphatic rings. The van der Waals surface area contributed by atoms with Crippen LogP contribution in [0.3, 0.4) is 0 Å². The molecule has 0 N–H and O–H groups in total. The van der Waals surface area contributed by atoms with Crippen molar-refractivity contribution in [3.05, 3.63) is 59.2 Å². The number of amides is 1. The molecule has 4 nitrogen and oxygen atoms in total. The summed E-state index contributed by atoms with van der Waals surface area (Å²) in [6, 6.07) is 11.5. The largest absolute Gasteiger partial charge is 0.497 e. The van der Waals surface area contributed by atoms with E-state index in [1.54, 1.807) is 30.2 Å². The van der Waals surface area contributed by atoms with Crippen LogP contribution < -0.4 is 9.64 Å². The number of likely N-dealkylation sites (N-methyl/N-ethyl adjacent to an activating group) is 1. The first-order valence-corrected chi connectivity index (χ1v) is 11.0. The SMILES string of the molecule is CCC[C@@H]1C(=O)N(CCN(C)C)c2cccc(C(F)(F)F)c2C[C@@H]1c1ccc(OC)cc1. The second-order valence-corrected chi connectivity index (χ2v) is 8.57.